The van der Waals surface area contributed by atoms with E-state index in [0.29, 0.717) is 6.54 Å². The Kier molecular flexibility index (Phi) is 4.27. The van der Waals surface area contributed by atoms with E-state index in [-0.39, 0.29) is 17.9 Å². The zero-order valence-electron chi connectivity index (χ0n) is 12.2. The molecule has 5 nitrogen and oxygen atoms in total. The molecule has 0 bridgehead atoms. The van der Waals surface area contributed by atoms with Crippen LogP contribution < -0.4 is 5.32 Å². The van der Waals surface area contributed by atoms with Crippen molar-refractivity contribution in [3.63, 3.8) is 0 Å². The highest BCUT2D eigenvalue weighted by Crippen LogP contribution is 2.21. The molecule has 1 fully saturated rings. The Bertz CT molecular complexity index is 516. The van der Waals surface area contributed by atoms with Crippen LogP contribution in [0, 0.1) is 0 Å². The zero-order chi connectivity index (χ0) is 14.7. The van der Waals surface area contributed by atoms with Gasteiger partial charge in [-0.15, -0.1) is 0 Å². The SMILES string of the molecule is CC(=O)N(C)Cc1ccccc1N[C@@H]1CCN(C)C1=O. The molecule has 0 spiro atoms. The lowest BCUT2D eigenvalue weighted by molar-refractivity contribution is -0.128. The van der Waals surface area contributed by atoms with Gasteiger partial charge in [-0.3, -0.25) is 9.59 Å². The summed E-state index contributed by atoms with van der Waals surface area (Å²) < 4.78 is 0. The molecule has 1 aromatic rings. The highest BCUT2D eigenvalue weighted by molar-refractivity contribution is 5.86. The van der Waals surface area contributed by atoms with Crippen LogP contribution in [0.2, 0.25) is 0 Å². The maximum atomic E-state index is 12.0. The number of likely N-dealkylation sites (N-methyl/N-ethyl adjacent to an activating group) is 1. The van der Waals surface area contributed by atoms with Gasteiger partial charge in [-0.25, -0.2) is 0 Å². The minimum Gasteiger partial charge on any atom is -0.373 e. The molecule has 1 atom stereocenters. The predicted octanol–water partition coefficient (Wildman–Crippen LogP) is 1.31. The standard InChI is InChI=1S/C15H21N3O2/c1-11(19)18(3)10-12-6-4-5-7-13(12)16-14-8-9-17(2)15(14)20/h4-7,14,16H,8-10H2,1-3H3/t14-/m1/s1. The summed E-state index contributed by atoms with van der Waals surface area (Å²) >= 11 is 0. The van der Waals surface area contributed by atoms with E-state index in [1.165, 1.54) is 0 Å². The Morgan fingerprint density at radius 3 is 2.75 bits per heavy atom. The minimum atomic E-state index is -0.163. The predicted molar refractivity (Wildman–Crippen MR) is 78.3 cm³/mol. The van der Waals surface area contributed by atoms with Crippen molar-refractivity contribution in [3.05, 3.63) is 29.8 Å². The van der Waals surface area contributed by atoms with Crippen molar-refractivity contribution in [3.8, 4) is 0 Å². The molecule has 0 radical (unpaired) electrons. The number of anilines is 1. The van der Waals surface area contributed by atoms with Crippen LogP contribution in [0.25, 0.3) is 0 Å². The number of amides is 2. The largest absolute Gasteiger partial charge is 0.373 e. The Morgan fingerprint density at radius 1 is 1.45 bits per heavy atom. The van der Waals surface area contributed by atoms with E-state index in [0.717, 1.165) is 24.2 Å². The van der Waals surface area contributed by atoms with Crippen LogP contribution in [0.15, 0.2) is 24.3 Å². The van der Waals surface area contributed by atoms with Gasteiger partial charge in [-0.2, -0.15) is 0 Å². The van der Waals surface area contributed by atoms with Crippen molar-refractivity contribution < 1.29 is 9.59 Å². The fourth-order valence-corrected chi connectivity index (χ4v) is 2.31. The summed E-state index contributed by atoms with van der Waals surface area (Å²) in [4.78, 5) is 26.7. The highest BCUT2D eigenvalue weighted by Gasteiger charge is 2.29. The van der Waals surface area contributed by atoms with Gasteiger partial charge in [-0.1, -0.05) is 18.2 Å². The van der Waals surface area contributed by atoms with E-state index in [9.17, 15) is 9.59 Å². The average molecular weight is 275 g/mol. The second-order valence-corrected chi connectivity index (χ2v) is 5.28. The molecule has 20 heavy (non-hydrogen) atoms. The molecule has 0 unspecified atom stereocenters. The molecule has 0 saturated carbocycles. The smallest absolute Gasteiger partial charge is 0.244 e. The average Bonchev–Trinajstić information content (AvgIpc) is 2.73. The van der Waals surface area contributed by atoms with Crippen molar-refractivity contribution >= 4 is 17.5 Å². The van der Waals surface area contributed by atoms with Crippen LogP contribution >= 0.6 is 0 Å². The topological polar surface area (TPSA) is 52.7 Å². The van der Waals surface area contributed by atoms with E-state index in [1.54, 1.807) is 23.8 Å². The number of benzene rings is 1. The van der Waals surface area contributed by atoms with Crippen LogP contribution in [0.3, 0.4) is 0 Å². The van der Waals surface area contributed by atoms with Gasteiger partial charge in [0.05, 0.1) is 0 Å². The molecule has 5 heteroatoms. The number of carbonyl (C=O) groups excluding carboxylic acids is 2. The molecule has 1 heterocycles. The third-order valence-corrected chi connectivity index (χ3v) is 3.72. The first-order valence-electron chi connectivity index (χ1n) is 6.80. The molecule has 1 saturated heterocycles. The number of rotatable bonds is 4. The van der Waals surface area contributed by atoms with Crippen molar-refractivity contribution in [1.82, 2.24) is 9.80 Å². The van der Waals surface area contributed by atoms with Gasteiger partial charge in [0.1, 0.15) is 6.04 Å². The molecular weight excluding hydrogens is 254 g/mol. The minimum absolute atomic E-state index is 0.0245. The normalized spacial score (nSPS) is 18.2. The van der Waals surface area contributed by atoms with Gasteiger partial charge in [0, 0.05) is 39.8 Å². The molecule has 1 N–H and O–H groups in total. The Morgan fingerprint density at radius 2 is 2.15 bits per heavy atom. The molecular formula is C15H21N3O2. The van der Waals surface area contributed by atoms with Crippen molar-refractivity contribution in [2.24, 2.45) is 0 Å². The van der Waals surface area contributed by atoms with Gasteiger partial charge in [0.2, 0.25) is 11.8 Å². The first-order chi connectivity index (χ1) is 9.49. The van der Waals surface area contributed by atoms with Gasteiger partial charge in [-0.05, 0) is 18.1 Å². The second-order valence-electron chi connectivity index (χ2n) is 5.28. The number of para-hydroxylation sites is 1. The first kappa shape index (κ1) is 14.4. The number of likely N-dealkylation sites (tertiary alicyclic amines) is 1. The highest BCUT2D eigenvalue weighted by atomic mass is 16.2. The van der Waals surface area contributed by atoms with Crippen molar-refractivity contribution in [2.75, 3.05) is 26.0 Å². The van der Waals surface area contributed by atoms with Crippen molar-refractivity contribution in [2.45, 2.75) is 25.9 Å². The number of hydrogen-bond acceptors (Lipinski definition) is 3. The summed E-state index contributed by atoms with van der Waals surface area (Å²) in [6.45, 7) is 2.87. The second kappa shape index (κ2) is 5.94. The van der Waals surface area contributed by atoms with Gasteiger partial charge < -0.3 is 15.1 Å². The van der Waals surface area contributed by atoms with E-state index in [4.69, 9.17) is 0 Å². The third kappa shape index (κ3) is 3.10. The monoisotopic (exact) mass is 275 g/mol. The van der Waals surface area contributed by atoms with Crippen LogP contribution in [-0.2, 0) is 16.1 Å². The van der Waals surface area contributed by atoms with E-state index < -0.39 is 0 Å². The molecule has 1 aromatic carbocycles. The van der Waals surface area contributed by atoms with Crippen LogP contribution in [0.4, 0.5) is 5.69 Å². The summed E-state index contributed by atoms with van der Waals surface area (Å²) in [5.41, 5.74) is 1.95. The summed E-state index contributed by atoms with van der Waals surface area (Å²) in [6.07, 6.45) is 0.812. The maximum absolute atomic E-state index is 12.0. The van der Waals surface area contributed by atoms with Gasteiger partial charge >= 0.3 is 0 Å². The molecule has 0 aliphatic carbocycles. The quantitative estimate of drug-likeness (QED) is 0.901. The lowest BCUT2D eigenvalue weighted by atomic mass is 10.1. The van der Waals surface area contributed by atoms with Gasteiger partial charge in [0.15, 0.2) is 0 Å². The lowest BCUT2D eigenvalue weighted by Gasteiger charge is -2.20. The van der Waals surface area contributed by atoms with Crippen molar-refractivity contribution in [1.29, 1.82) is 0 Å². The molecule has 108 valence electrons. The molecule has 2 amide bonds. The Labute approximate surface area is 119 Å². The Balaban J connectivity index is 2.12. The molecule has 0 aromatic heterocycles. The fraction of sp³-hybridized carbons (Fsp3) is 0.467. The third-order valence-electron chi connectivity index (χ3n) is 3.72. The summed E-state index contributed by atoms with van der Waals surface area (Å²) in [5, 5.41) is 3.30. The fourth-order valence-electron chi connectivity index (χ4n) is 2.31. The van der Waals surface area contributed by atoms with Crippen LogP contribution in [0.1, 0.15) is 18.9 Å². The lowest BCUT2D eigenvalue weighted by Crippen LogP contribution is -2.31. The van der Waals surface area contributed by atoms with E-state index in [2.05, 4.69) is 5.32 Å². The molecule has 1 aliphatic rings. The van der Waals surface area contributed by atoms with Gasteiger partial charge in [0.25, 0.3) is 0 Å². The molecule has 1 aliphatic heterocycles. The molecule has 2 rings (SSSR count). The van der Waals surface area contributed by atoms with Crippen LogP contribution in [-0.4, -0.2) is 48.3 Å². The van der Waals surface area contributed by atoms with E-state index >= 15 is 0 Å². The first-order valence-corrected chi connectivity index (χ1v) is 6.80. The summed E-state index contributed by atoms with van der Waals surface area (Å²) in [7, 11) is 3.59. The summed E-state index contributed by atoms with van der Waals surface area (Å²) in [6, 6.07) is 7.64. The number of nitrogens with zero attached hydrogens (tertiary/aromatic N) is 2. The number of nitrogens with one attached hydrogen (secondary N) is 1. The zero-order valence-corrected chi connectivity index (χ0v) is 12.2. The van der Waals surface area contributed by atoms with Crippen LogP contribution in [0.5, 0.6) is 0 Å². The number of hydrogen-bond donors (Lipinski definition) is 1. The Hall–Kier alpha value is -2.04. The number of carbonyl (C=O) groups is 2. The maximum Gasteiger partial charge on any atom is 0.244 e. The summed E-state index contributed by atoms with van der Waals surface area (Å²) in [5.74, 6) is 0.149. The van der Waals surface area contributed by atoms with E-state index in [1.807, 2.05) is 31.3 Å².